The molecule has 0 aliphatic rings. The van der Waals surface area contributed by atoms with Gasteiger partial charge in [0.2, 0.25) is 0 Å². The Kier molecular flexibility index (Phi) is 3.95. The third-order valence-electron chi connectivity index (χ3n) is 2.62. The lowest BCUT2D eigenvalue weighted by molar-refractivity contribution is 0.241. The molecule has 1 aromatic carbocycles. The van der Waals surface area contributed by atoms with Gasteiger partial charge in [-0.3, -0.25) is 4.98 Å². The average molecular weight is 242 g/mol. The molecule has 0 saturated heterocycles. The van der Waals surface area contributed by atoms with Crippen LogP contribution in [-0.2, 0) is 0 Å². The van der Waals surface area contributed by atoms with Crippen molar-refractivity contribution in [2.75, 3.05) is 0 Å². The SMILES string of the molecule is CC(C)Oc1cncc(C(N)c2ccccc2)c1. The smallest absolute Gasteiger partial charge is 0.138 e. The van der Waals surface area contributed by atoms with E-state index >= 15 is 0 Å². The highest BCUT2D eigenvalue weighted by molar-refractivity contribution is 5.33. The molecule has 2 aromatic rings. The van der Waals surface area contributed by atoms with E-state index in [2.05, 4.69) is 4.98 Å². The molecule has 0 fully saturated rings. The monoisotopic (exact) mass is 242 g/mol. The highest BCUT2D eigenvalue weighted by Crippen LogP contribution is 2.22. The molecular weight excluding hydrogens is 224 g/mol. The summed E-state index contributed by atoms with van der Waals surface area (Å²) in [7, 11) is 0. The lowest BCUT2D eigenvalue weighted by atomic mass is 10.0. The Hall–Kier alpha value is -1.87. The van der Waals surface area contributed by atoms with E-state index in [1.54, 1.807) is 12.4 Å². The lowest BCUT2D eigenvalue weighted by Crippen LogP contribution is -2.13. The molecule has 1 unspecified atom stereocenters. The van der Waals surface area contributed by atoms with Gasteiger partial charge >= 0.3 is 0 Å². The highest BCUT2D eigenvalue weighted by Gasteiger charge is 2.10. The van der Waals surface area contributed by atoms with Crippen molar-refractivity contribution in [3.8, 4) is 5.75 Å². The number of benzene rings is 1. The molecule has 0 aliphatic carbocycles. The van der Waals surface area contributed by atoms with E-state index in [9.17, 15) is 0 Å². The maximum absolute atomic E-state index is 6.22. The number of hydrogen-bond donors (Lipinski definition) is 1. The van der Waals surface area contributed by atoms with Crippen molar-refractivity contribution >= 4 is 0 Å². The number of nitrogens with two attached hydrogens (primary N) is 1. The molecule has 1 heterocycles. The average Bonchev–Trinajstić information content (AvgIpc) is 2.38. The summed E-state index contributed by atoms with van der Waals surface area (Å²) >= 11 is 0. The fourth-order valence-electron chi connectivity index (χ4n) is 1.80. The van der Waals surface area contributed by atoms with Crippen LogP contribution in [0.4, 0.5) is 0 Å². The molecule has 0 spiro atoms. The van der Waals surface area contributed by atoms with Crippen molar-refractivity contribution in [3.05, 3.63) is 59.9 Å². The van der Waals surface area contributed by atoms with Crippen LogP contribution in [0.15, 0.2) is 48.8 Å². The van der Waals surface area contributed by atoms with Gasteiger partial charge in [-0.05, 0) is 31.0 Å². The molecular formula is C15H18N2O. The molecule has 94 valence electrons. The number of nitrogens with zero attached hydrogens (tertiary/aromatic N) is 1. The fourth-order valence-corrected chi connectivity index (χ4v) is 1.80. The van der Waals surface area contributed by atoms with Crippen LogP contribution in [0.3, 0.4) is 0 Å². The van der Waals surface area contributed by atoms with E-state index in [1.165, 1.54) is 0 Å². The van der Waals surface area contributed by atoms with Crippen molar-refractivity contribution in [2.24, 2.45) is 5.73 Å². The lowest BCUT2D eigenvalue weighted by Gasteiger charge is -2.14. The second-order valence-electron chi connectivity index (χ2n) is 4.51. The van der Waals surface area contributed by atoms with E-state index in [-0.39, 0.29) is 12.1 Å². The molecule has 3 heteroatoms. The van der Waals surface area contributed by atoms with Gasteiger partial charge in [-0.25, -0.2) is 0 Å². The molecule has 18 heavy (non-hydrogen) atoms. The van der Waals surface area contributed by atoms with Gasteiger partial charge in [0.05, 0.1) is 18.3 Å². The molecule has 2 rings (SSSR count). The Bertz CT molecular complexity index is 497. The zero-order chi connectivity index (χ0) is 13.0. The Labute approximate surface area is 108 Å². The minimum absolute atomic E-state index is 0.134. The first-order chi connectivity index (χ1) is 8.66. The van der Waals surface area contributed by atoms with Crippen LogP contribution < -0.4 is 10.5 Å². The van der Waals surface area contributed by atoms with Crippen LogP contribution in [0.5, 0.6) is 5.75 Å². The molecule has 0 aliphatic heterocycles. The summed E-state index contributed by atoms with van der Waals surface area (Å²) in [6.45, 7) is 3.98. The van der Waals surface area contributed by atoms with Gasteiger partial charge in [0, 0.05) is 6.20 Å². The molecule has 2 N–H and O–H groups in total. The standard InChI is InChI=1S/C15H18N2O/c1-11(2)18-14-8-13(9-17-10-14)15(16)12-6-4-3-5-7-12/h3-11,15H,16H2,1-2H3. The van der Waals surface area contributed by atoms with Crippen molar-refractivity contribution < 1.29 is 4.74 Å². The van der Waals surface area contributed by atoms with E-state index in [0.29, 0.717) is 0 Å². The summed E-state index contributed by atoms with van der Waals surface area (Å²) in [4.78, 5) is 4.18. The summed E-state index contributed by atoms with van der Waals surface area (Å²) in [5.41, 5.74) is 8.25. The minimum atomic E-state index is -0.172. The summed E-state index contributed by atoms with van der Waals surface area (Å²) in [5, 5.41) is 0. The van der Waals surface area contributed by atoms with E-state index in [4.69, 9.17) is 10.5 Å². The second kappa shape index (κ2) is 5.65. The van der Waals surface area contributed by atoms with E-state index < -0.39 is 0 Å². The van der Waals surface area contributed by atoms with Gasteiger partial charge in [-0.1, -0.05) is 30.3 Å². The number of aromatic nitrogens is 1. The Balaban J connectivity index is 2.23. The van der Waals surface area contributed by atoms with Crippen LogP contribution in [0, 0.1) is 0 Å². The van der Waals surface area contributed by atoms with Crippen molar-refractivity contribution in [1.82, 2.24) is 4.98 Å². The predicted molar refractivity (Wildman–Crippen MR) is 72.5 cm³/mol. The molecule has 3 nitrogen and oxygen atoms in total. The minimum Gasteiger partial charge on any atom is -0.489 e. The Morgan fingerprint density at radius 1 is 1.06 bits per heavy atom. The number of ether oxygens (including phenoxy) is 1. The van der Waals surface area contributed by atoms with Gasteiger partial charge in [0.15, 0.2) is 0 Å². The maximum Gasteiger partial charge on any atom is 0.138 e. The number of pyridine rings is 1. The van der Waals surface area contributed by atoms with Gasteiger partial charge in [-0.2, -0.15) is 0 Å². The predicted octanol–water partition coefficient (Wildman–Crippen LogP) is 2.92. The number of rotatable bonds is 4. The molecule has 1 aromatic heterocycles. The van der Waals surface area contributed by atoms with Crippen molar-refractivity contribution in [3.63, 3.8) is 0 Å². The van der Waals surface area contributed by atoms with Crippen molar-refractivity contribution in [2.45, 2.75) is 26.0 Å². The maximum atomic E-state index is 6.22. The first-order valence-corrected chi connectivity index (χ1v) is 6.09. The first-order valence-electron chi connectivity index (χ1n) is 6.09. The summed E-state index contributed by atoms with van der Waals surface area (Å²) in [5.74, 6) is 0.758. The Morgan fingerprint density at radius 2 is 1.78 bits per heavy atom. The van der Waals surface area contributed by atoms with Crippen LogP contribution >= 0.6 is 0 Å². The fraction of sp³-hybridized carbons (Fsp3) is 0.267. The Morgan fingerprint density at radius 3 is 2.44 bits per heavy atom. The summed E-state index contributed by atoms with van der Waals surface area (Å²) in [6.07, 6.45) is 3.63. The molecule has 1 atom stereocenters. The van der Waals surface area contributed by atoms with E-state index in [0.717, 1.165) is 16.9 Å². The third-order valence-corrected chi connectivity index (χ3v) is 2.62. The quantitative estimate of drug-likeness (QED) is 0.896. The summed E-state index contributed by atoms with van der Waals surface area (Å²) < 4.78 is 5.62. The van der Waals surface area contributed by atoms with Gasteiger partial charge in [0.25, 0.3) is 0 Å². The van der Waals surface area contributed by atoms with Gasteiger partial charge in [0.1, 0.15) is 5.75 Å². The van der Waals surface area contributed by atoms with Crippen LogP contribution in [0.25, 0.3) is 0 Å². The molecule has 0 amide bonds. The largest absolute Gasteiger partial charge is 0.489 e. The third kappa shape index (κ3) is 3.08. The topological polar surface area (TPSA) is 48.1 Å². The zero-order valence-corrected chi connectivity index (χ0v) is 10.7. The summed E-state index contributed by atoms with van der Waals surface area (Å²) in [6, 6.07) is 11.8. The van der Waals surface area contributed by atoms with Crippen molar-refractivity contribution in [1.29, 1.82) is 0 Å². The van der Waals surface area contributed by atoms with Crippen LogP contribution in [-0.4, -0.2) is 11.1 Å². The zero-order valence-electron chi connectivity index (χ0n) is 10.7. The highest BCUT2D eigenvalue weighted by atomic mass is 16.5. The van der Waals surface area contributed by atoms with Gasteiger partial charge < -0.3 is 10.5 Å². The van der Waals surface area contributed by atoms with Crippen LogP contribution in [0.2, 0.25) is 0 Å². The van der Waals surface area contributed by atoms with E-state index in [1.807, 2.05) is 50.2 Å². The molecule has 0 saturated carbocycles. The molecule has 0 radical (unpaired) electrons. The van der Waals surface area contributed by atoms with Crippen LogP contribution in [0.1, 0.15) is 31.0 Å². The normalized spacial score (nSPS) is 12.4. The number of hydrogen-bond acceptors (Lipinski definition) is 3. The van der Waals surface area contributed by atoms with Gasteiger partial charge in [-0.15, -0.1) is 0 Å². The molecule has 0 bridgehead atoms. The second-order valence-corrected chi connectivity index (χ2v) is 4.51. The first kappa shape index (κ1) is 12.6.